The van der Waals surface area contributed by atoms with Gasteiger partial charge in [0.15, 0.2) is 0 Å². The van der Waals surface area contributed by atoms with E-state index in [2.05, 4.69) is 11.2 Å². The molecule has 1 aromatic heterocycles. The molecule has 1 radical (unpaired) electrons. The van der Waals surface area contributed by atoms with Crippen LogP contribution in [0.15, 0.2) is 48.7 Å². The quantitative estimate of drug-likeness (QED) is 0.739. The summed E-state index contributed by atoms with van der Waals surface area (Å²) in [6, 6.07) is 16.0. The third-order valence-corrected chi connectivity index (χ3v) is 2.74. The number of rotatable bonds is 2. The number of hydrogen-bond acceptors (Lipinski definition) is 2. The zero-order valence-electron chi connectivity index (χ0n) is 9.50. The lowest BCUT2D eigenvalue weighted by molar-refractivity contribution is 0.100. The van der Waals surface area contributed by atoms with E-state index in [0.717, 1.165) is 11.1 Å². The number of nitrogens with zero attached hydrogens (tertiary/aromatic N) is 2. The highest BCUT2D eigenvalue weighted by Crippen LogP contribution is 2.18. The van der Waals surface area contributed by atoms with Crippen LogP contribution in [0.25, 0.3) is 16.6 Å². The molecule has 0 unspecified atom stereocenters. The first-order valence-corrected chi connectivity index (χ1v) is 5.51. The number of aromatic nitrogens is 2. The first-order chi connectivity index (χ1) is 8.75. The molecule has 1 heterocycles. The molecule has 0 spiro atoms. The number of primary amides is 1. The van der Waals surface area contributed by atoms with E-state index in [0.29, 0.717) is 11.1 Å². The topological polar surface area (TPSA) is 60.9 Å². The molecule has 0 saturated heterocycles. The lowest BCUT2D eigenvalue weighted by atomic mass is 10.1. The highest BCUT2D eigenvalue weighted by atomic mass is 16.1. The zero-order valence-corrected chi connectivity index (χ0v) is 9.50. The third kappa shape index (κ3) is 1.64. The molecular weight excluding hydrogens is 226 g/mol. The first kappa shape index (κ1) is 10.5. The average Bonchev–Trinajstić information content (AvgIpc) is 2.83. The van der Waals surface area contributed by atoms with E-state index < -0.39 is 5.91 Å². The lowest BCUT2D eigenvalue weighted by Gasteiger charge is -1.98. The summed E-state index contributed by atoms with van der Waals surface area (Å²) in [6.07, 6.45) is 1.85. The van der Waals surface area contributed by atoms with Gasteiger partial charge in [-0.15, -0.1) is 0 Å². The maximum Gasteiger partial charge on any atom is 0.250 e. The monoisotopic (exact) mass is 236 g/mol. The minimum atomic E-state index is -0.470. The summed E-state index contributed by atoms with van der Waals surface area (Å²) >= 11 is 0. The standard InChI is InChI=1S/C14H10N3O/c15-14(18)12-8-4-5-10-9-17(16-13(10)12)11-6-2-1-3-7-11/h1-6,8-9H,(H2,15,18). The molecule has 0 bridgehead atoms. The smallest absolute Gasteiger partial charge is 0.250 e. The van der Waals surface area contributed by atoms with E-state index >= 15 is 0 Å². The summed E-state index contributed by atoms with van der Waals surface area (Å²) in [5.41, 5.74) is 7.20. The van der Waals surface area contributed by atoms with E-state index in [1.54, 1.807) is 16.8 Å². The maximum atomic E-state index is 11.3. The van der Waals surface area contributed by atoms with Gasteiger partial charge in [0.25, 0.3) is 5.91 Å². The maximum absolute atomic E-state index is 11.3. The lowest BCUT2D eigenvalue weighted by Crippen LogP contribution is -2.11. The Kier molecular flexibility index (Phi) is 2.34. The highest BCUT2D eigenvalue weighted by molar-refractivity contribution is 6.04. The number of fused-ring (bicyclic) bond motifs is 1. The van der Waals surface area contributed by atoms with Crippen molar-refractivity contribution in [3.05, 3.63) is 60.3 Å². The van der Waals surface area contributed by atoms with Crippen molar-refractivity contribution in [1.29, 1.82) is 0 Å². The van der Waals surface area contributed by atoms with Crippen molar-refractivity contribution in [2.45, 2.75) is 0 Å². The Morgan fingerprint density at radius 1 is 1.22 bits per heavy atom. The van der Waals surface area contributed by atoms with E-state index in [1.807, 2.05) is 36.5 Å². The molecule has 0 aliphatic heterocycles. The van der Waals surface area contributed by atoms with Crippen LogP contribution in [0.2, 0.25) is 0 Å². The van der Waals surface area contributed by atoms with Crippen LogP contribution in [-0.2, 0) is 0 Å². The summed E-state index contributed by atoms with van der Waals surface area (Å²) < 4.78 is 1.69. The SMILES string of the molecule is NC(=O)c1cccc2cn(-c3[c]cccc3)nc12. The van der Waals surface area contributed by atoms with Crippen molar-refractivity contribution in [1.82, 2.24) is 9.78 Å². The summed E-state index contributed by atoms with van der Waals surface area (Å²) in [7, 11) is 0. The molecule has 4 heteroatoms. The van der Waals surface area contributed by atoms with Gasteiger partial charge in [0.1, 0.15) is 5.52 Å². The van der Waals surface area contributed by atoms with Crippen LogP contribution in [0.5, 0.6) is 0 Å². The highest BCUT2D eigenvalue weighted by Gasteiger charge is 2.10. The molecule has 2 N–H and O–H groups in total. The van der Waals surface area contributed by atoms with Gasteiger partial charge in [-0.3, -0.25) is 4.79 Å². The Labute approximate surface area is 104 Å². The number of hydrogen-bond donors (Lipinski definition) is 1. The molecule has 4 nitrogen and oxygen atoms in total. The van der Waals surface area contributed by atoms with Crippen LogP contribution in [0.3, 0.4) is 0 Å². The van der Waals surface area contributed by atoms with Crippen LogP contribution >= 0.6 is 0 Å². The first-order valence-electron chi connectivity index (χ1n) is 5.51. The van der Waals surface area contributed by atoms with E-state index in [-0.39, 0.29) is 0 Å². The molecule has 18 heavy (non-hydrogen) atoms. The van der Waals surface area contributed by atoms with Gasteiger partial charge < -0.3 is 5.73 Å². The molecular formula is C14H10N3O. The van der Waals surface area contributed by atoms with Crippen molar-refractivity contribution < 1.29 is 4.79 Å². The summed E-state index contributed by atoms with van der Waals surface area (Å²) in [5, 5.41) is 5.27. The second-order valence-electron chi connectivity index (χ2n) is 3.93. The normalized spacial score (nSPS) is 10.7. The van der Waals surface area contributed by atoms with Gasteiger partial charge in [-0.1, -0.05) is 30.3 Å². The molecule has 1 amide bonds. The fourth-order valence-electron chi connectivity index (χ4n) is 1.89. The summed E-state index contributed by atoms with van der Waals surface area (Å²) in [5.74, 6) is -0.470. The number of carbonyl (C=O) groups excluding carboxylic acids is 1. The van der Waals surface area contributed by atoms with Crippen LogP contribution in [0.1, 0.15) is 10.4 Å². The van der Waals surface area contributed by atoms with Gasteiger partial charge in [-0.05, 0) is 12.1 Å². The fraction of sp³-hybridized carbons (Fsp3) is 0. The minimum Gasteiger partial charge on any atom is -0.366 e. The molecule has 0 fully saturated rings. The van der Waals surface area contributed by atoms with Gasteiger partial charge >= 0.3 is 0 Å². The molecule has 0 atom stereocenters. The predicted octanol–water partition coefficient (Wildman–Crippen LogP) is 1.92. The second kappa shape index (κ2) is 4.00. The number of nitrogens with two attached hydrogens (primary N) is 1. The average molecular weight is 236 g/mol. The largest absolute Gasteiger partial charge is 0.366 e. The Morgan fingerprint density at radius 2 is 2.11 bits per heavy atom. The fourth-order valence-corrected chi connectivity index (χ4v) is 1.89. The van der Waals surface area contributed by atoms with Crippen molar-refractivity contribution in [3.63, 3.8) is 0 Å². The van der Waals surface area contributed by atoms with Gasteiger partial charge in [0, 0.05) is 17.6 Å². The van der Waals surface area contributed by atoms with Gasteiger partial charge in [-0.2, -0.15) is 5.10 Å². The molecule has 87 valence electrons. The van der Waals surface area contributed by atoms with Crippen LogP contribution < -0.4 is 5.73 Å². The van der Waals surface area contributed by atoms with Gasteiger partial charge in [0.05, 0.1) is 11.3 Å². The molecule has 0 aliphatic rings. The summed E-state index contributed by atoms with van der Waals surface area (Å²) in [4.78, 5) is 11.3. The molecule has 3 aromatic rings. The van der Waals surface area contributed by atoms with Gasteiger partial charge in [-0.25, -0.2) is 4.68 Å². The van der Waals surface area contributed by atoms with Crippen molar-refractivity contribution in [2.75, 3.05) is 0 Å². The Morgan fingerprint density at radius 3 is 2.83 bits per heavy atom. The molecule has 0 saturated carbocycles. The summed E-state index contributed by atoms with van der Waals surface area (Å²) in [6.45, 7) is 0. The van der Waals surface area contributed by atoms with E-state index in [4.69, 9.17) is 5.73 Å². The Hall–Kier alpha value is -2.62. The van der Waals surface area contributed by atoms with Crippen molar-refractivity contribution in [2.24, 2.45) is 5.73 Å². The minimum absolute atomic E-state index is 0.433. The van der Waals surface area contributed by atoms with Gasteiger partial charge in [0.2, 0.25) is 0 Å². The number of carbonyl (C=O) groups is 1. The third-order valence-electron chi connectivity index (χ3n) is 2.74. The molecule has 2 aromatic carbocycles. The van der Waals surface area contributed by atoms with Crippen molar-refractivity contribution in [3.8, 4) is 5.69 Å². The second-order valence-corrected chi connectivity index (χ2v) is 3.93. The van der Waals surface area contributed by atoms with Crippen LogP contribution in [-0.4, -0.2) is 15.7 Å². The van der Waals surface area contributed by atoms with E-state index in [9.17, 15) is 4.79 Å². The number of benzene rings is 2. The Bertz CT molecular complexity index is 716. The van der Waals surface area contributed by atoms with E-state index in [1.165, 1.54) is 0 Å². The number of amides is 1. The van der Waals surface area contributed by atoms with Crippen LogP contribution in [0, 0.1) is 6.07 Å². The molecule has 0 aliphatic carbocycles. The predicted molar refractivity (Wildman–Crippen MR) is 68.4 cm³/mol. The number of para-hydroxylation sites is 1. The van der Waals surface area contributed by atoms with Crippen LogP contribution in [0.4, 0.5) is 0 Å². The van der Waals surface area contributed by atoms with Crippen molar-refractivity contribution >= 4 is 16.8 Å². The Balaban J connectivity index is 2.23. The zero-order chi connectivity index (χ0) is 12.5. The molecule has 3 rings (SSSR count).